The van der Waals surface area contributed by atoms with E-state index >= 15 is 0 Å². The molecule has 1 rings (SSSR count). The molecule has 5 heteroatoms. The van der Waals surface area contributed by atoms with Gasteiger partial charge in [-0.2, -0.15) is 0 Å². The summed E-state index contributed by atoms with van der Waals surface area (Å²) in [6, 6.07) is 3.12. The molecule has 0 fully saturated rings. The zero-order valence-electron chi connectivity index (χ0n) is 8.83. The maximum atomic E-state index is 10.9. The molecular formula is C10H13NO4. The van der Waals surface area contributed by atoms with Gasteiger partial charge in [-0.05, 0) is 24.6 Å². The number of hydrogen-bond acceptors (Lipinski definition) is 4. The largest absolute Gasteiger partial charge is 0.494 e. The van der Waals surface area contributed by atoms with Crippen LogP contribution in [0, 0.1) is 6.92 Å². The van der Waals surface area contributed by atoms with E-state index < -0.39 is 5.97 Å². The predicted molar refractivity (Wildman–Crippen MR) is 55.3 cm³/mol. The van der Waals surface area contributed by atoms with E-state index in [0.717, 1.165) is 0 Å². The topological polar surface area (TPSA) is 67.8 Å². The Bertz CT molecular complexity index is 376. The molecule has 0 heterocycles. The molecular weight excluding hydrogens is 198 g/mol. The van der Waals surface area contributed by atoms with Crippen molar-refractivity contribution in [3.8, 4) is 5.75 Å². The van der Waals surface area contributed by atoms with Crippen LogP contribution in [0.2, 0.25) is 0 Å². The van der Waals surface area contributed by atoms with E-state index in [1.165, 1.54) is 20.3 Å². The Kier molecular flexibility index (Phi) is 3.51. The van der Waals surface area contributed by atoms with Crippen LogP contribution in [0.25, 0.3) is 0 Å². The Morgan fingerprint density at radius 2 is 2.07 bits per heavy atom. The van der Waals surface area contributed by atoms with Gasteiger partial charge < -0.3 is 9.84 Å². The Morgan fingerprint density at radius 1 is 1.40 bits per heavy atom. The molecule has 0 aliphatic carbocycles. The van der Waals surface area contributed by atoms with Gasteiger partial charge in [0.15, 0.2) is 0 Å². The highest BCUT2D eigenvalue weighted by Gasteiger charge is 2.12. The monoisotopic (exact) mass is 211 g/mol. The molecule has 0 aliphatic heterocycles. The summed E-state index contributed by atoms with van der Waals surface area (Å²) >= 11 is 0. The second-order valence-corrected chi connectivity index (χ2v) is 2.98. The molecule has 0 unspecified atom stereocenters. The summed E-state index contributed by atoms with van der Waals surface area (Å²) in [5.41, 5.74) is 3.91. The van der Waals surface area contributed by atoms with Gasteiger partial charge >= 0.3 is 5.97 Å². The Labute approximate surface area is 87.6 Å². The molecule has 0 amide bonds. The van der Waals surface area contributed by atoms with E-state index in [9.17, 15) is 4.79 Å². The Morgan fingerprint density at radius 3 is 2.53 bits per heavy atom. The summed E-state index contributed by atoms with van der Waals surface area (Å²) < 4.78 is 5.08. The number of benzene rings is 1. The molecule has 0 atom stereocenters. The predicted octanol–water partition coefficient (Wildman–Crippen LogP) is 1.68. The number of aromatic carboxylic acids is 1. The number of anilines is 1. The van der Waals surface area contributed by atoms with E-state index in [-0.39, 0.29) is 5.56 Å². The lowest BCUT2D eigenvalue weighted by Crippen LogP contribution is -2.04. The molecule has 0 radical (unpaired) electrons. The second kappa shape index (κ2) is 4.65. The van der Waals surface area contributed by atoms with Crippen LogP contribution in [0.3, 0.4) is 0 Å². The minimum absolute atomic E-state index is 0.218. The van der Waals surface area contributed by atoms with Crippen molar-refractivity contribution in [3.05, 3.63) is 23.3 Å². The molecule has 15 heavy (non-hydrogen) atoms. The molecule has 82 valence electrons. The number of ether oxygens (including phenoxy) is 1. The lowest BCUT2D eigenvalue weighted by Gasteiger charge is -2.11. The lowest BCUT2D eigenvalue weighted by atomic mass is 10.1. The van der Waals surface area contributed by atoms with Gasteiger partial charge in [0.2, 0.25) is 0 Å². The number of nitrogens with one attached hydrogen (secondary N) is 1. The molecule has 0 aliphatic rings. The van der Waals surface area contributed by atoms with Crippen molar-refractivity contribution >= 4 is 11.7 Å². The molecule has 0 saturated heterocycles. The van der Waals surface area contributed by atoms with Crippen LogP contribution < -0.4 is 10.2 Å². The maximum Gasteiger partial charge on any atom is 0.336 e. The fourth-order valence-electron chi connectivity index (χ4n) is 1.27. The minimum atomic E-state index is -0.977. The van der Waals surface area contributed by atoms with Crippen LogP contribution in [-0.4, -0.2) is 25.3 Å². The quantitative estimate of drug-likeness (QED) is 0.741. The molecule has 0 saturated carbocycles. The SMILES string of the molecule is CONc1cc(C(=O)O)c(C)cc1OC. The molecule has 2 N–H and O–H groups in total. The smallest absolute Gasteiger partial charge is 0.336 e. The number of carboxylic acids is 1. The zero-order valence-corrected chi connectivity index (χ0v) is 8.83. The molecule has 0 spiro atoms. The highest BCUT2D eigenvalue weighted by atomic mass is 16.6. The number of hydrogen-bond donors (Lipinski definition) is 2. The molecule has 5 nitrogen and oxygen atoms in total. The zero-order chi connectivity index (χ0) is 11.4. The van der Waals surface area contributed by atoms with Gasteiger partial charge in [-0.1, -0.05) is 0 Å². The van der Waals surface area contributed by atoms with E-state index in [0.29, 0.717) is 17.0 Å². The van der Waals surface area contributed by atoms with E-state index in [1.807, 2.05) is 0 Å². The number of rotatable bonds is 4. The minimum Gasteiger partial charge on any atom is -0.494 e. The molecule has 0 aromatic heterocycles. The van der Waals surface area contributed by atoms with E-state index in [2.05, 4.69) is 5.48 Å². The van der Waals surface area contributed by atoms with Crippen LogP contribution in [-0.2, 0) is 4.84 Å². The summed E-state index contributed by atoms with van der Waals surface area (Å²) in [6.07, 6.45) is 0. The molecule has 1 aromatic rings. The van der Waals surface area contributed by atoms with E-state index in [1.54, 1.807) is 13.0 Å². The number of aryl methyl sites for hydroxylation is 1. The normalized spacial score (nSPS) is 9.80. The van der Waals surface area contributed by atoms with Gasteiger partial charge in [0.25, 0.3) is 0 Å². The van der Waals surface area contributed by atoms with Crippen molar-refractivity contribution in [2.24, 2.45) is 0 Å². The summed E-state index contributed by atoms with van der Waals surface area (Å²) in [4.78, 5) is 15.6. The van der Waals surface area contributed by atoms with Gasteiger partial charge in [0, 0.05) is 0 Å². The summed E-state index contributed by atoms with van der Waals surface area (Å²) in [5, 5.41) is 8.91. The number of carbonyl (C=O) groups is 1. The highest BCUT2D eigenvalue weighted by Crippen LogP contribution is 2.28. The average molecular weight is 211 g/mol. The second-order valence-electron chi connectivity index (χ2n) is 2.98. The Balaban J connectivity index is 3.23. The third-order valence-corrected chi connectivity index (χ3v) is 1.99. The average Bonchev–Trinajstić information content (AvgIpc) is 2.20. The maximum absolute atomic E-state index is 10.9. The summed E-state index contributed by atoms with van der Waals surface area (Å²) in [7, 11) is 2.95. The first kappa shape index (κ1) is 11.3. The summed E-state index contributed by atoms with van der Waals surface area (Å²) in [5.74, 6) is -0.436. The first-order valence-electron chi connectivity index (χ1n) is 4.31. The van der Waals surface area contributed by atoms with Gasteiger partial charge in [-0.3, -0.25) is 10.3 Å². The van der Waals surface area contributed by atoms with Crippen LogP contribution in [0.15, 0.2) is 12.1 Å². The van der Waals surface area contributed by atoms with Crippen molar-refractivity contribution in [3.63, 3.8) is 0 Å². The molecule has 0 bridgehead atoms. The number of carboxylic acid groups (broad SMARTS) is 1. The van der Waals surface area contributed by atoms with Crippen molar-refractivity contribution in [1.82, 2.24) is 0 Å². The fourth-order valence-corrected chi connectivity index (χ4v) is 1.27. The van der Waals surface area contributed by atoms with Crippen molar-refractivity contribution < 1.29 is 19.5 Å². The van der Waals surface area contributed by atoms with Crippen LogP contribution in [0.5, 0.6) is 5.75 Å². The van der Waals surface area contributed by atoms with Crippen LogP contribution in [0.1, 0.15) is 15.9 Å². The van der Waals surface area contributed by atoms with Crippen molar-refractivity contribution in [2.45, 2.75) is 6.92 Å². The van der Waals surface area contributed by atoms with Crippen LogP contribution in [0.4, 0.5) is 5.69 Å². The van der Waals surface area contributed by atoms with Gasteiger partial charge in [-0.15, -0.1) is 0 Å². The highest BCUT2D eigenvalue weighted by molar-refractivity contribution is 5.91. The third-order valence-electron chi connectivity index (χ3n) is 1.99. The van der Waals surface area contributed by atoms with Gasteiger partial charge in [0.05, 0.1) is 19.8 Å². The first-order valence-corrected chi connectivity index (χ1v) is 4.31. The van der Waals surface area contributed by atoms with Crippen molar-refractivity contribution in [2.75, 3.05) is 19.7 Å². The summed E-state index contributed by atoms with van der Waals surface area (Å²) in [6.45, 7) is 1.71. The Hall–Kier alpha value is -1.75. The van der Waals surface area contributed by atoms with Gasteiger partial charge in [0.1, 0.15) is 11.4 Å². The lowest BCUT2D eigenvalue weighted by molar-refractivity contribution is 0.0696. The molecule has 1 aromatic carbocycles. The van der Waals surface area contributed by atoms with E-state index in [4.69, 9.17) is 14.7 Å². The third kappa shape index (κ3) is 2.38. The van der Waals surface area contributed by atoms with Crippen LogP contribution >= 0.6 is 0 Å². The van der Waals surface area contributed by atoms with Gasteiger partial charge in [-0.25, -0.2) is 4.79 Å². The first-order chi connectivity index (χ1) is 7.10. The standard InChI is InChI=1S/C10H13NO4/c1-6-4-9(14-2)8(11-15-3)5-7(6)10(12)13/h4-5,11H,1-3H3,(H,12,13). The fraction of sp³-hybridized carbons (Fsp3) is 0.300. The number of methoxy groups -OCH3 is 1. The van der Waals surface area contributed by atoms with Crippen molar-refractivity contribution in [1.29, 1.82) is 0 Å².